The zero-order chi connectivity index (χ0) is 11.7. The summed E-state index contributed by atoms with van der Waals surface area (Å²) in [6.07, 6.45) is 5.23. The molecule has 16 heavy (non-hydrogen) atoms. The van der Waals surface area contributed by atoms with E-state index in [0.717, 1.165) is 10.6 Å². The molecule has 1 atom stereocenters. The fourth-order valence-corrected chi connectivity index (χ4v) is 2.95. The van der Waals surface area contributed by atoms with Crippen molar-refractivity contribution >= 4 is 11.6 Å². The predicted molar refractivity (Wildman–Crippen MR) is 69.8 cm³/mol. The van der Waals surface area contributed by atoms with E-state index in [9.17, 15) is 0 Å². The lowest BCUT2D eigenvalue weighted by Gasteiger charge is -2.22. The van der Waals surface area contributed by atoms with Crippen LogP contribution in [0.15, 0.2) is 12.1 Å². The van der Waals surface area contributed by atoms with Crippen molar-refractivity contribution in [2.75, 3.05) is 0 Å². The van der Waals surface area contributed by atoms with Crippen molar-refractivity contribution in [3.05, 3.63) is 33.8 Å². The first-order chi connectivity index (χ1) is 7.59. The maximum atomic E-state index is 6.38. The summed E-state index contributed by atoms with van der Waals surface area (Å²) in [5, 5.41) is 0.847. The van der Waals surface area contributed by atoms with Crippen molar-refractivity contribution in [1.29, 1.82) is 0 Å². The third kappa shape index (κ3) is 2.26. The summed E-state index contributed by atoms with van der Waals surface area (Å²) in [5.41, 5.74) is 10.0. The quantitative estimate of drug-likeness (QED) is 0.822. The summed E-state index contributed by atoms with van der Waals surface area (Å²) in [6.45, 7) is 4.15. The van der Waals surface area contributed by atoms with Gasteiger partial charge in [0.2, 0.25) is 0 Å². The van der Waals surface area contributed by atoms with E-state index < -0.39 is 0 Å². The van der Waals surface area contributed by atoms with Crippen molar-refractivity contribution < 1.29 is 0 Å². The Labute approximate surface area is 103 Å². The maximum absolute atomic E-state index is 6.38. The molecule has 1 aliphatic carbocycles. The van der Waals surface area contributed by atoms with Crippen LogP contribution in [0.3, 0.4) is 0 Å². The van der Waals surface area contributed by atoms with Gasteiger partial charge in [-0.15, -0.1) is 0 Å². The average molecular weight is 238 g/mol. The standard InChI is InChI=1S/C14H20ClN/c1-9-8-13(15)10(2)7-12(9)14(16)11-5-3-4-6-11/h7-8,11,14H,3-6,16H2,1-2H3. The van der Waals surface area contributed by atoms with Crippen molar-refractivity contribution in [2.45, 2.75) is 45.6 Å². The normalized spacial score (nSPS) is 19.0. The zero-order valence-electron chi connectivity index (χ0n) is 10.1. The number of nitrogens with two attached hydrogens (primary N) is 1. The summed E-state index contributed by atoms with van der Waals surface area (Å²) >= 11 is 6.11. The molecule has 0 saturated heterocycles. The molecule has 0 aliphatic heterocycles. The van der Waals surface area contributed by atoms with Crippen molar-refractivity contribution in [3.63, 3.8) is 0 Å². The van der Waals surface area contributed by atoms with Gasteiger partial charge in [-0.1, -0.05) is 30.5 Å². The van der Waals surface area contributed by atoms with Crippen LogP contribution in [0.2, 0.25) is 5.02 Å². The van der Waals surface area contributed by atoms with Crippen LogP contribution in [0, 0.1) is 19.8 Å². The van der Waals surface area contributed by atoms with E-state index in [1.54, 1.807) is 0 Å². The van der Waals surface area contributed by atoms with Gasteiger partial charge in [-0.3, -0.25) is 0 Å². The third-order valence-electron chi connectivity index (χ3n) is 3.81. The van der Waals surface area contributed by atoms with Gasteiger partial charge < -0.3 is 5.73 Å². The van der Waals surface area contributed by atoms with E-state index in [0.29, 0.717) is 5.92 Å². The Kier molecular flexibility index (Phi) is 3.56. The van der Waals surface area contributed by atoms with Gasteiger partial charge in [0.15, 0.2) is 0 Å². The molecule has 1 aromatic carbocycles. The summed E-state index contributed by atoms with van der Waals surface area (Å²) < 4.78 is 0. The van der Waals surface area contributed by atoms with Gasteiger partial charge in [-0.2, -0.15) is 0 Å². The molecule has 0 spiro atoms. The molecular weight excluding hydrogens is 218 g/mol. The van der Waals surface area contributed by atoms with Crippen molar-refractivity contribution in [2.24, 2.45) is 11.7 Å². The molecule has 2 heteroatoms. The van der Waals surface area contributed by atoms with Gasteiger partial charge in [-0.25, -0.2) is 0 Å². The average Bonchev–Trinajstić information content (AvgIpc) is 2.75. The van der Waals surface area contributed by atoms with E-state index in [1.807, 2.05) is 13.0 Å². The Morgan fingerprint density at radius 2 is 1.81 bits per heavy atom. The van der Waals surface area contributed by atoms with Gasteiger partial charge in [0, 0.05) is 11.1 Å². The molecule has 0 bridgehead atoms. The highest BCUT2D eigenvalue weighted by molar-refractivity contribution is 6.31. The van der Waals surface area contributed by atoms with E-state index in [1.165, 1.54) is 36.8 Å². The van der Waals surface area contributed by atoms with Crippen molar-refractivity contribution in [1.82, 2.24) is 0 Å². The molecule has 1 aliphatic rings. The number of halogens is 1. The number of rotatable bonds is 2. The Morgan fingerprint density at radius 3 is 2.44 bits per heavy atom. The minimum absolute atomic E-state index is 0.193. The molecule has 2 rings (SSSR count). The van der Waals surface area contributed by atoms with Crippen LogP contribution in [0.5, 0.6) is 0 Å². The lowest BCUT2D eigenvalue weighted by atomic mass is 9.89. The van der Waals surface area contributed by atoms with Crippen LogP contribution in [0.1, 0.15) is 48.4 Å². The van der Waals surface area contributed by atoms with Gasteiger partial charge in [0.25, 0.3) is 0 Å². The molecule has 0 amide bonds. The second kappa shape index (κ2) is 4.77. The molecule has 1 nitrogen and oxygen atoms in total. The maximum Gasteiger partial charge on any atom is 0.0438 e. The minimum atomic E-state index is 0.193. The number of hydrogen-bond acceptors (Lipinski definition) is 1. The highest BCUT2D eigenvalue weighted by atomic mass is 35.5. The van der Waals surface area contributed by atoms with Crippen LogP contribution in [0.4, 0.5) is 0 Å². The molecule has 1 fully saturated rings. The molecule has 2 N–H and O–H groups in total. The Morgan fingerprint density at radius 1 is 1.19 bits per heavy atom. The monoisotopic (exact) mass is 237 g/mol. The largest absolute Gasteiger partial charge is 0.324 e. The lowest BCUT2D eigenvalue weighted by Crippen LogP contribution is -2.20. The summed E-state index contributed by atoms with van der Waals surface area (Å²) in [4.78, 5) is 0. The number of hydrogen-bond donors (Lipinski definition) is 1. The number of benzene rings is 1. The van der Waals surface area contributed by atoms with Crippen LogP contribution >= 0.6 is 11.6 Å². The van der Waals surface area contributed by atoms with Gasteiger partial charge >= 0.3 is 0 Å². The fourth-order valence-electron chi connectivity index (χ4n) is 2.73. The highest BCUT2D eigenvalue weighted by Gasteiger charge is 2.24. The second-order valence-electron chi connectivity index (χ2n) is 5.03. The van der Waals surface area contributed by atoms with Crippen molar-refractivity contribution in [3.8, 4) is 0 Å². The van der Waals surface area contributed by atoms with E-state index in [2.05, 4.69) is 13.0 Å². The first-order valence-corrected chi connectivity index (χ1v) is 6.49. The number of aryl methyl sites for hydroxylation is 2. The van der Waals surface area contributed by atoms with E-state index in [-0.39, 0.29) is 6.04 Å². The van der Waals surface area contributed by atoms with Crippen LogP contribution in [-0.2, 0) is 0 Å². The van der Waals surface area contributed by atoms with E-state index in [4.69, 9.17) is 17.3 Å². The Balaban J connectivity index is 2.28. The Hall–Kier alpha value is -0.530. The lowest BCUT2D eigenvalue weighted by molar-refractivity contribution is 0.443. The first-order valence-electron chi connectivity index (χ1n) is 6.12. The van der Waals surface area contributed by atoms with Gasteiger partial charge in [0.05, 0.1) is 0 Å². The molecular formula is C14H20ClN. The summed E-state index contributed by atoms with van der Waals surface area (Å²) in [7, 11) is 0. The molecule has 0 aromatic heterocycles. The molecule has 1 unspecified atom stereocenters. The van der Waals surface area contributed by atoms with Crippen LogP contribution in [0.25, 0.3) is 0 Å². The zero-order valence-corrected chi connectivity index (χ0v) is 10.8. The minimum Gasteiger partial charge on any atom is -0.324 e. The van der Waals surface area contributed by atoms with Crippen LogP contribution in [-0.4, -0.2) is 0 Å². The third-order valence-corrected chi connectivity index (χ3v) is 4.22. The smallest absolute Gasteiger partial charge is 0.0438 e. The van der Waals surface area contributed by atoms with Gasteiger partial charge in [0.1, 0.15) is 0 Å². The van der Waals surface area contributed by atoms with Crippen LogP contribution < -0.4 is 5.73 Å². The molecule has 88 valence electrons. The topological polar surface area (TPSA) is 26.0 Å². The van der Waals surface area contributed by atoms with E-state index >= 15 is 0 Å². The Bertz CT molecular complexity index is 381. The second-order valence-corrected chi connectivity index (χ2v) is 5.44. The first kappa shape index (κ1) is 11.9. The summed E-state index contributed by atoms with van der Waals surface area (Å²) in [6, 6.07) is 4.40. The molecule has 1 saturated carbocycles. The predicted octanol–water partition coefficient (Wildman–Crippen LogP) is 4.15. The SMILES string of the molecule is Cc1cc(C(N)C2CCCC2)c(C)cc1Cl. The highest BCUT2D eigenvalue weighted by Crippen LogP contribution is 2.36. The molecule has 0 radical (unpaired) electrons. The molecule has 1 aromatic rings. The fraction of sp³-hybridized carbons (Fsp3) is 0.571. The van der Waals surface area contributed by atoms with Gasteiger partial charge in [-0.05, 0) is 55.4 Å². The molecule has 0 heterocycles. The summed E-state index contributed by atoms with van der Waals surface area (Å²) in [5.74, 6) is 0.666.